The predicted molar refractivity (Wildman–Crippen MR) is 66.0 cm³/mol. The molecule has 0 spiro atoms. The highest BCUT2D eigenvalue weighted by atomic mass is 19.1. The maximum atomic E-state index is 13.0. The molecule has 0 radical (unpaired) electrons. The molecule has 4 nitrogen and oxygen atoms in total. The van der Waals surface area contributed by atoms with E-state index in [-0.39, 0.29) is 19.0 Å². The van der Waals surface area contributed by atoms with Crippen LogP contribution in [0, 0.1) is 11.6 Å². The molecule has 1 aromatic rings. The summed E-state index contributed by atoms with van der Waals surface area (Å²) in [6.45, 7) is 4.27. The normalized spacial score (nSPS) is 12.0. The first-order chi connectivity index (χ1) is 9.06. The van der Waals surface area contributed by atoms with E-state index in [1.807, 2.05) is 6.92 Å². The van der Waals surface area contributed by atoms with Crippen LogP contribution in [0.4, 0.5) is 8.78 Å². The van der Waals surface area contributed by atoms with Gasteiger partial charge in [0.25, 0.3) is 0 Å². The molecular formula is C13H17F2NO3. The minimum absolute atomic E-state index is 0.0321. The third kappa shape index (κ3) is 5.21. The van der Waals surface area contributed by atoms with Crippen LogP contribution in [0.15, 0.2) is 18.2 Å². The third-order valence-corrected chi connectivity index (χ3v) is 2.27. The van der Waals surface area contributed by atoms with Gasteiger partial charge in [-0.25, -0.2) is 8.78 Å². The molecule has 0 amide bonds. The fourth-order valence-corrected chi connectivity index (χ4v) is 1.49. The number of carbonyl (C=O) groups excluding carboxylic acids is 1. The summed E-state index contributed by atoms with van der Waals surface area (Å²) < 4.78 is 36.0. The zero-order valence-electron chi connectivity index (χ0n) is 10.9. The van der Waals surface area contributed by atoms with Crippen molar-refractivity contribution in [3.8, 4) is 5.75 Å². The number of ether oxygens (including phenoxy) is 2. The fraction of sp³-hybridized carbons (Fsp3) is 0.462. The van der Waals surface area contributed by atoms with E-state index in [2.05, 4.69) is 5.32 Å². The van der Waals surface area contributed by atoms with Gasteiger partial charge in [0.05, 0.1) is 6.61 Å². The number of nitrogens with one attached hydrogen (secondary N) is 1. The van der Waals surface area contributed by atoms with Crippen molar-refractivity contribution in [3.63, 3.8) is 0 Å². The van der Waals surface area contributed by atoms with E-state index in [1.165, 1.54) is 0 Å². The Bertz CT molecular complexity index is 406. The first-order valence-corrected chi connectivity index (χ1v) is 6.05. The summed E-state index contributed by atoms with van der Waals surface area (Å²) in [7, 11) is 0. The minimum atomic E-state index is -0.730. The maximum Gasteiger partial charge on any atom is 0.326 e. The third-order valence-electron chi connectivity index (χ3n) is 2.27. The van der Waals surface area contributed by atoms with E-state index >= 15 is 0 Å². The summed E-state index contributed by atoms with van der Waals surface area (Å²) >= 11 is 0. The van der Waals surface area contributed by atoms with Gasteiger partial charge < -0.3 is 14.8 Å². The van der Waals surface area contributed by atoms with E-state index in [0.717, 1.165) is 18.2 Å². The zero-order chi connectivity index (χ0) is 14.3. The van der Waals surface area contributed by atoms with Crippen LogP contribution in [0.3, 0.4) is 0 Å². The summed E-state index contributed by atoms with van der Waals surface area (Å²) in [4.78, 5) is 11.6. The number of rotatable bonds is 7. The van der Waals surface area contributed by atoms with Crippen LogP contribution in [0.25, 0.3) is 0 Å². The van der Waals surface area contributed by atoms with E-state index in [4.69, 9.17) is 9.47 Å². The summed E-state index contributed by atoms with van der Waals surface area (Å²) in [6.07, 6.45) is 0. The molecule has 0 saturated heterocycles. The monoisotopic (exact) mass is 273 g/mol. The standard InChI is InChI=1S/C13H17F2NO3/c1-3-16-12(13(17)18-4-2)8-19-11-6-9(14)5-10(15)7-11/h5-7,12,16H,3-4,8H2,1-2H3. The van der Waals surface area contributed by atoms with Gasteiger partial charge in [-0.15, -0.1) is 0 Å². The molecule has 6 heteroatoms. The van der Waals surface area contributed by atoms with Crippen molar-refractivity contribution < 1.29 is 23.0 Å². The Labute approximate surface area is 110 Å². The molecule has 19 heavy (non-hydrogen) atoms. The Kier molecular flexibility index (Phi) is 6.21. The van der Waals surface area contributed by atoms with Crippen molar-refractivity contribution in [3.05, 3.63) is 29.8 Å². The molecule has 0 aliphatic carbocycles. The SMILES string of the molecule is CCNC(COc1cc(F)cc(F)c1)C(=O)OCC. The van der Waals surface area contributed by atoms with Crippen molar-refractivity contribution in [1.82, 2.24) is 5.32 Å². The largest absolute Gasteiger partial charge is 0.491 e. The Hall–Kier alpha value is -1.69. The lowest BCUT2D eigenvalue weighted by molar-refractivity contribution is -0.146. The van der Waals surface area contributed by atoms with Gasteiger partial charge in [-0.2, -0.15) is 0 Å². The van der Waals surface area contributed by atoms with E-state index in [0.29, 0.717) is 6.54 Å². The van der Waals surface area contributed by atoms with Crippen LogP contribution in [-0.4, -0.2) is 31.8 Å². The van der Waals surface area contributed by atoms with Crippen LogP contribution < -0.4 is 10.1 Å². The molecule has 1 aromatic carbocycles. The average molecular weight is 273 g/mol. The van der Waals surface area contributed by atoms with Crippen molar-refractivity contribution >= 4 is 5.97 Å². The Morgan fingerprint density at radius 1 is 1.26 bits per heavy atom. The molecular weight excluding hydrogens is 256 g/mol. The topological polar surface area (TPSA) is 47.6 Å². The molecule has 1 atom stereocenters. The zero-order valence-corrected chi connectivity index (χ0v) is 10.9. The molecule has 0 aliphatic heterocycles. The highest BCUT2D eigenvalue weighted by Gasteiger charge is 2.19. The molecule has 0 heterocycles. The molecule has 0 fully saturated rings. The van der Waals surface area contributed by atoms with Crippen LogP contribution >= 0.6 is 0 Å². The number of benzene rings is 1. The maximum absolute atomic E-state index is 13.0. The lowest BCUT2D eigenvalue weighted by Crippen LogP contribution is -2.42. The highest BCUT2D eigenvalue weighted by Crippen LogP contribution is 2.15. The fourth-order valence-electron chi connectivity index (χ4n) is 1.49. The van der Waals surface area contributed by atoms with Crippen LogP contribution in [0.5, 0.6) is 5.75 Å². The summed E-state index contributed by atoms with van der Waals surface area (Å²) in [6, 6.07) is 2.19. The first-order valence-electron chi connectivity index (χ1n) is 6.05. The van der Waals surface area contributed by atoms with Crippen molar-refractivity contribution in [2.45, 2.75) is 19.9 Å². The Morgan fingerprint density at radius 3 is 2.42 bits per heavy atom. The molecule has 1 N–H and O–H groups in total. The lowest BCUT2D eigenvalue weighted by atomic mass is 10.3. The molecule has 1 rings (SSSR count). The van der Waals surface area contributed by atoms with Gasteiger partial charge in [-0.05, 0) is 13.5 Å². The number of hydrogen-bond acceptors (Lipinski definition) is 4. The molecule has 106 valence electrons. The number of hydrogen-bond donors (Lipinski definition) is 1. The van der Waals surface area contributed by atoms with Crippen LogP contribution in [-0.2, 0) is 9.53 Å². The van der Waals surface area contributed by atoms with Crippen molar-refractivity contribution in [2.24, 2.45) is 0 Å². The van der Waals surface area contributed by atoms with Gasteiger partial charge in [-0.1, -0.05) is 6.92 Å². The first kappa shape index (κ1) is 15.4. The smallest absolute Gasteiger partial charge is 0.326 e. The number of esters is 1. The molecule has 0 bridgehead atoms. The second-order valence-corrected chi connectivity index (χ2v) is 3.78. The van der Waals surface area contributed by atoms with Gasteiger partial charge in [0.2, 0.25) is 0 Å². The number of likely N-dealkylation sites (N-methyl/N-ethyl adjacent to an activating group) is 1. The summed E-state index contributed by atoms with van der Waals surface area (Å²) in [5.41, 5.74) is 0. The van der Waals surface area contributed by atoms with Gasteiger partial charge >= 0.3 is 5.97 Å². The van der Waals surface area contributed by atoms with Gasteiger partial charge in [0, 0.05) is 18.2 Å². The van der Waals surface area contributed by atoms with E-state index in [9.17, 15) is 13.6 Å². The minimum Gasteiger partial charge on any atom is -0.491 e. The van der Waals surface area contributed by atoms with Crippen LogP contribution in [0.2, 0.25) is 0 Å². The second kappa shape index (κ2) is 7.68. The van der Waals surface area contributed by atoms with Gasteiger partial charge in [0.1, 0.15) is 30.0 Å². The van der Waals surface area contributed by atoms with Crippen LogP contribution in [0.1, 0.15) is 13.8 Å². The second-order valence-electron chi connectivity index (χ2n) is 3.78. The molecule has 0 saturated carbocycles. The summed E-state index contributed by atoms with van der Waals surface area (Å²) in [5, 5.41) is 2.88. The summed E-state index contributed by atoms with van der Waals surface area (Å²) in [5.74, 6) is -1.89. The predicted octanol–water partition coefficient (Wildman–Crippen LogP) is 1.88. The molecule has 0 aromatic heterocycles. The van der Waals surface area contributed by atoms with Crippen molar-refractivity contribution in [1.29, 1.82) is 0 Å². The number of carbonyl (C=O) groups is 1. The average Bonchev–Trinajstić information content (AvgIpc) is 2.33. The Balaban J connectivity index is 2.62. The van der Waals surface area contributed by atoms with E-state index in [1.54, 1.807) is 6.92 Å². The lowest BCUT2D eigenvalue weighted by Gasteiger charge is -2.17. The van der Waals surface area contributed by atoms with Crippen molar-refractivity contribution in [2.75, 3.05) is 19.8 Å². The Morgan fingerprint density at radius 2 is 1.89 bits per heavy atom. The molecule has 0 aliphatic rings. The number of halogens is 2. The molecule has 1 unspecified atom stereocenters. The quantitative estimate of drug-likeness (QED) is 0.771. The van der Waals surface area contributed by atoms with E-state index < -0.39 is 23.6 Å². The van der Waals surface area contributed by atoms with Gasteiger partial charge in [0.15, 0.2) is 0 Å². The highest BCUT2D eigenvalue weighted by molar-refractivity contribution is 5.76. The van der Waals surface area contributed by atoms with Gasteiger partial charge in [-0.3, -0.25) is 4.79 Å².